The molecule has 0 aliphatic carbocycles. The number of para-hydroxylation sites is 3. The lowest BCUT2D eigenvalue weighted by molar-refractivity contribution is -0.137. The van der Waals surface area contributed by atoms with E-state index in [1.807, 2.05) is 50.1 Å². The van der Waals surface area contributed by atoms with Crippen LogP contribution in [0.5, 0.6) is 5.75 Å². The van der Waals surface area contributed by atoms with Gasteiger partial charge in [-0.2, -0.15) is 13.2 Å². The maximum atomic E-state index is 13.7. The molecule has 0 aromatic heterocycles. The maximum Gasteiger partial charge on any atom is 0.416 e. The Morgan fingerprint density at radius 2 is 1.68 bits per heavy atom. The Hall–Kier alpha value is -3.79. The topological polar surface area (TPSA) is 66.9 Å². The number of methoxy groups -OCH3 is 1. The van der Waals surface area contributed by atoms with Crippen LogP contribution < -0.4 is 13.9 Å². The van der Waals surface area contributed by atoms with Crippen LogP contribution in [0.15, 0.2) is 89.5 Å². The molecular weight excluding hydrogens is 517 g/mol. The number of carbonyl (C=O) groups is 1. The minimum absolute atomic E-state index is 0.0292. The first kappa shape index (κ1) is 27.3. The van der Waals surface area contributed by atoms with Gasteiger partial charge in [0.15, 0.2) is 5.78 Å². The predicted molar refractivity (Wildman–Crippen MR) is 140 cm³/mol. The molecule has 200 valence electrons. The van der Waals surface area contributed by atoms with Crippen molar-refractivity contribution in [2.45, 2.75) is 30.3 Å². The molecule has 0 bridgehead atoms. The van der Waals surface area contributed by atoms with E-state index in [1.54, 1.807) is 12.1 Å². The number of sulfonamides is 1. The van der Waals surface area contributed by atoms with Crippen LogP contribution in [-0.4, -0.2) is 34.9 Å². The number of ether oxygens (including phenoxy) is 1. The van der Waals surface area contributed by atoms with Crippen molar-refractivity contribution in [1.29, 1.82) is 0 Å². The van der Waals surface area contributed by atoms with Gasteiger partial charge in [0.05, 0.1) is 29.8 Å². The Morgan fingerprint density at radius 1 is 1.03 bits per heavy atom. The Balaban J connectivity index is 1.78. The van der Waals surface area contributed by atoms with Gasteiger partial charge in [-0.1, -0.05) is 50.2 Å². The third-order valence-corrected chi connectivity index (χ3v) is 8.40. The third-order valence-electron chi connectivity index (χ3n) is 6.64. The van der Waals surface area contributed by atoms with Gasteiger partial charge < -0.3 is 9.64 Å². The summed E-state index contributed by atoms with van der Waals surface area (Å²) in [7, 11) is -1.44. The number of carbonyl (C=O) groups excluding carboxylic acids is 1. The number of likely N-dealkylation sites (N-methyl/N-ethyl adjacent to an activating group) is 1. The summed E-state index contributed by atoms with van der Waals surface area (Å²) in [6.07, 6.45) is -3.35. The molecule has 10 heteroatoms. The average Bonchev–Trinajstić information content (AvgIpc) is 3.07. The molecule has 0 saturated carbocycles. The summed E-state index contributed by atoms with van der Waals surface area (Å²) >= 11 is 0. The predicted octanol–water partition coefficient (Wildman–Crippen LogP) is 5.79. The second-order valence-electron chi connectivity index (χ2n) is 9.41. The first-order chi connectivity index (χ1) is 17.8. The second-order valence-corrected chi connectivity index (χ2v) is 11.3. The number of rotatable bonds is 7. The number of allylic oxidation sites excluding steroid dienone is 1. The van der Waals surface area contributed by atoms with Gasteiger partial charge in [0.2, 0.25) is 0 Å². The molecule has 4 rings (SSSR count). The first-order valence-electron chi connectivity index (χ1n) is 11.7. The van der Waals surface area contributed by atoms with Gasteiger partial charge >= 0.3 is 6.18 Å². The fourth-order valence-corrected chi connectivity index (χ4v) is 6.18. The SMILES string of the molecule is COc1ccccc1N(CC(=O)C=C1N(C)c2ccccc2C1(C)C)S(=O)(=O)c1cccc(C(F)(F)F)c1. The van der Waals surface area contributed by atoms with Crippen molar-refractivity contribution in [2.75, 3.05) is 29.9 Å². The molecule has 0 spiro atoms. The van der Waals surface area contributed by atoms with Gasteiger partial charge in [-0.3, -0.25) is 9.10 Å². The molecule has 38 heavy (non-hydrogen) atoms. The smallest absolute Gasteiger partial charge is 0.416 e. The van der Waals surface area contributed by atoms with Gasteiger partial charge in [0, 0.05) is 29.9 Å². The van der Waals surface area contributed by atoms with Crippen molar-refractivity contribution in [2.24, 2.45) is 0 Å². The van der Waals surface area contributed by atoms with E-state index in [4.69, 9.17) is 4.74 Å². The number of ketones is 1. The van der Waals surface area contributed by atoms with E-state index in [1.165, 1.54) is 25.3 Å². The number of hydrogen-bond acceptors (Lipinski definition) is 5. The first-order valence-corrected chi connectivity index (χ1v) is 13.1. The van der Waals surface area contributed by atoms with E-state index in [9.17, 15) is 26.4 Å². The summed E-state index contributed by atoms with van der Waals surface area (Å²) in [5.41, 5.74) is 0.992. The van der Waals surface area contributed by atoms with E-state index < -0.39 is 44.4 Å². The van der Waals surface area contributed by atoms with Crippen molar-refractivity contribution in [3.8, 4) is 5.75 Å². The van der Waals surface area contributed by atoms with Crippen LogP contribution in [0.25, 0.3) is 0 Å². The summed E-state index contributed by atoms with van der Waals surface area (Å²) in [5.74, 6) is -0.400. The molecule has 0 atom stereocenters. The number of hydrogen-bond donors (Lipinski definition) is 0. The molecule has 0 saturated heterocycles. The molecule has 0 N–H and O–H groups in total. The largest absolute Gasteiger partial charge is 0.495 e. The zero-order valence-electron chi connectivity index (χ0n) is 21.3. The van der Waals surface area contributed by atoms with Crippen LogP contribution in [-0.2, 0) is 26.4 Å². The lowest BCUT2D eigenvalue weighted by atomic mass is 9.83. The van der Waals surface area contributed by atoms with Gasteiger partial charge in [0.1, 0.15) is 5.75 Å². The molecule has 6 nitrogen and oxygen atoms in total. The van der Waals surface area contributed by atoms with Crippen molar-refractivity contribution in [3.63, 3.8) is 0 Å². The lowest BCUT2D eigenvalue weighted by Gasteiger charge is -2.27. The van der Waals surface area contributed by atoms with E-state index in [-0.39, 0.29) is 11.4 Å². The molecule has 0 radical (unpaired) electrons. The van der Waals surface area contributed by atoms with Gasteiger partial charge in [-0.05, 0) is 42.0 Å². The summed E-state index contributed by atoms with van der Waals surface area (Å²) in [6, 6.07) is 17.3. The highest BCUT2D eigenvalue weighted by atomic mass is 32.2. The van der Waals surface area contributed by atoms with Crippen molar-refractivity contribution >= 4 is 27.2 Å². The van der Waals surface area contributed by atoms with Crippen LogP contribution in [0.4, 0.5) is 24.5 Å². The van der Waals surface area contributed by atoms with Crippen molar-refractivity contribution < 1.29 is 31.1 Å². The highest BCUT2D eigenvalue weighted by molar-refractivity contribution is 7.92. The fraction of sp³-hybridized carbons (Fsp3) is 0.250. The monoisotopic (exact) mass is 544 g/mol. The number of benzene rings is 3. The molecule has 3 aromatic carbocycles. The summed E-state index contributed by atoms with van der Waals surface area (Å²) in [6.45, 7) is 3.28. The quantitative estimate of drug-likeness (QED) is 0.352. The number of nitrogens with zero attached hydrogens (tertiary/aromatic N) is 2. The number of fused-ring (bicyclic) bond motifs is 1. The third kappa shape index (κ3) is 4.88. The highest BCUT2D eigenvalue weighted by Gasteiger charge is 2.39. The lowest BCUT2D eigenvalue weighted by Crippen LogP contribution is -2.36. The molecule has 0 unspecified atom stereocenters. The van der Waals surface area contributed by atoms with Crippen molar-refractivity contribution in [1.82, 2.24) is 0 Å². The molecule has 0 fully saturated rings. The normalized spacial score (nSPS) is 15.9. The summed E-state index contributed by atoms with van der Waals surface area (Å²) in [4.78, 5) is 14.7. The molecular formula is C28H27F3N2O4S. The Kier molecular flexibility index (Phi) is 7.05. The Labute approximate surface area is 220 Å². The van der Waals surface area contributed by atoms with Gasteiger partial charge in [-0.15, -0.1) is 0 Å². The van der Waals surface area contributed by atoms with Gasteiger partial charge in [0.25, 0.3) is 10.0 Å². The number of halogens is 3. The Bertz CT molecular complexity index is 1510. The fourth-order valence-electron chi connectivity index (χ4n) is 4.69. The number of anilines is 2. The van der Waals surface area contributed by atoms with Crippen LogP contribution >= 0.6 is 0 Å². The zero-order valence-corrected chi connectivity index (χ0v) is 22.1. The standard InChI is InChI=1S/C28H27F3N2O4S/c1-27(2)22-12-5-6-13-23(22)32(3)26(27)17-20(34)18-33(24-14-7-8-15-25(24)37-4)38(35,36)21-11-9-10-19(16-21)28(29,30)31/h5-17H,18H2,1-4H3. The van der Waals surface area contributed by atoms with Crippen LogP contribution in [0, 0.1) is 0 Å². The summed E-state index contributed by atoms with van der Waals surface area (Å²) < 4.78 is 73.7. The highest BCUT2D eigenvalue weighted by Crippen LogP contribution is 2.46. The summed E-state index contributed by atoms with van der Waals surface area (Å²) in [5, 5.41) is 0. The van der Waals surface area contributed by atoms with Gasteiger partial charge in [-0.25, -0.2) is 8.42 Å². The average molecular weight is 545 g/mol. The van der Waals surface area contributed by atoms with Crippen molar-refractivity contribution in [3.05, 3.63) is 95.7 Å². The Morgan fingerprint density at radius 3 is 2.34 bits per heavy atom. The number of alkyl halides is 3. The minimum atomic E-state index is -4.74. The molecule has 0 amide bonds. The molecule has 1 heterocycles. The van der Waals surface area contributed by atoms with E-state index >= 15 is 0 Å². The molecule has 1 aliphatic rings. The minimum Gasteiger partial charge on any atom is -0.495 e. The molecule has 3 aromatic rings. The maximum absolute atomic E-state index is 13.7. The van der Waals surface area contributed by atoms with Crippen LogP contribution in [0.1, 0.15) is 25.0 Å². The van der Waals surface area contributed by atoms with E-state index in [0.29, 0.717) is 11.8 Å². The second kappa shape index (κ2) is 9.83. The van der Waals surface area contributed by atoms with E-state index in [0.717, 1.165) is 33.8 Å². The zero-order chi connectivity index (χ0) is 27.9. The molecule has 1 aliphatic heterocycles. The van der Waals surface area contributed by atoms with E-state index in [2.05, 4.69) is 0 Å². The van der Waals surface area contributed by atoms with Crippen LogP contribution in [0.2, 0.25) is 0 Å². The van der Waals surface area contributed by atoms with Crippen LogP contribution in [0.3, 0.4) is 0 Å².